The van der Waals surface area contributed by atoms with Gasteiger partial charge in [0.1, 0.15) is 0 Å². The van der Waals surface area contributed by atoms with Gasteiger partial charge in [-0.15, -0.1) is 0 Å². The highest BCUT2D eigenvalue weighted by Crippen LogP contribution is 2.24. The molecule has 0 aromatic carbocycles. The lowest BCUT2D eigenvalue weighted by Gasteiger charge is -2.29. The predicted octanol–water partition coefficient (Wildman–Crippen LogP) is 2.80. The van der Waals surface area contributed by atoms with Gasteiger partial charge in [-0.2, -0.15) is 0 Å². The molecular weight excluding hydrogens is 178 g/mol. The van der Waals surface area contributed by atoms with Crippen molar-refractivity contribution in [3.63, 3.8) is 0 Å². The Bertz CT molecular complexity index is 186. The number of carbonyl (C=O) groups is 1. The highest BCUT2D eigenvalue weighted by Gasteiger charge is 2.23. The Balaban J connectivity index is 3.88. The van der Waals surface area contributed by atoms with E-state index in [-0.39, 0.29) is 17.6 Å². The summed E-state index contributed by atoms with van der Waals surface area (Å²) in [5.74, 6) is 0.529. The smallest absolute Gasteiger partial charge is 0.407 e. The van der Waals surface area contributed by atoms with Gasteiger partial charge in [0.15, 0.2) is 0 Å². The first-order chi connectivity index (χ1) is 6.25. The van der Waals surface area contributed by atoms with Crippen molar-refractivity contribution in [2.45, 2.75) is 47.6 Å². The van der Waals surface area contributed by atoms with Gasteiger partial charge in [0.2, 0.25) is 0 Å². The summed E-state index contributed by atoms with van der Waals surface area (Å²) in [4.78, 5) is 11.2. The van der Waals surface area contributed by atoms with Crippen molar-refractivity contribution in [1.29, 1.82) is 0 Å². The fraction of sp³-hybridized carbons (Fsp3) is 0.909. The van der Waals surface area contributed by atoms with Crippen LogP contribution in [0.4, 0.5) is 4.79 Å². The van der Waals surface area contributed by atoms with Crippen LogP contribution in [0.15, 0.2) is 0 Å². The molecule has 0 aliphatic carbocycles. The molecule has 0 aliphatic heterocycles. The van der Waals surface area contributed by atoms with Crippen LogP contribution in [0.25, 0.3) is 0 Å². The third-order valence-corrected chi connectivity index (χ3v) is 2.59. The first-order valence-corrected chi connectivity index (χ1v) is 5.20. The first kappa shape index (κ1) is 13.3. The molecule has 0 saturated carbocycles. The fourth-order valence-corrected chi connectivity index (χ4v) is 0.760. The second-order valence-electron chi connectivity index (χ2n) is 4.95. The first-order valence-electron chi connectivity index (χ1n) is 5.20. The van der Waals surface area contributed by atoms with Gasteiger partial charge in [-0.05, 0) is 25.2 Å². The lowest BCUT2D eigenvalue weighted by Crippen LogP contribution is -2.38. The highest BCUT2D eigenvalue weighted by atomic mass is 16.6. The van der Waals surface area contributed by atoms with Crippen LogP contribution in [-0.4, -0.2) is 18.7 Å². The number of nitrogens with one attached hydrogen (secondary N) is 1. The topological polar surface area (TPSA) is 38.3 Å². The van der Waals surface area contributed by atoms with Crippen molar-refractivity contribution in [2.75, 3.05) is 6.54 Å². The number of hydrogen-bond acceptors (Lipinski definition) is 2. The van der Waals surface area contributed by atoms with Crippen LogP contribution >= 0.6 is 0 Å². The predicted molar refractivity (Wildman–Crippen MR) is 58.2 cm³/mol. The maximum absolute atomic E-state index is 11.2. The molecule has 0 spiro atoms. The second kappa shape index (κ2) is 5.23. The van der Waals surface area contributed by atoms with Gasteiger partial charge in [0.05, 0.1) is 6.10 Å². The monoisotopic (exact) mass is 201 g/mol. The lowest BCUT2D eigenvalue weighted by atomic mass is 9.81. The summed E-state index contributed by atoms with van der Waals surface area (Å²) in [6.45, 7) is 12.9. The van der Waals surface area contributed by atoms with Gasteiger partial charge in [-0.25, -0.2) is 4.79 Å². The van der Waals surface area contributed by atoms with Crippen molar-refractivity contribution in [2.24, 2.45) is 11.3 Å². The molecule has 3 nitrogen and oxygen atoms in total. The summed E-state index contributed by atoms with van der Waals surface area (Å²) < 4.78 is 4.98. The Kier molecular flexibility index (Phi) is 4.95. The molecule has 3 heteroatoms. The zero-order valence-corrected chi connectivity index (χ0v) is 10.2. The van der Waals surface area contributed by atoms with E-state index in [0.717, 1.165) is 0 Å². The number of alkyl carbamates (subject to hydrolysis) is 1. The van der Waals surface area contributed by atoms with E-state index in [1.807, 2.05) is 13.8 Å². The molecule has 1 N–H and O–H groups in total. The average Bonchev–Trinajstić information content (AvgIpc) is 1.99. The number of amides is 1. The zero-order chi connectivity index (χ0) is 11.4. The fourth-order valence-electron chi connectivity index (χ4n) is 0.760. The quantitative estimate of drug-likeness (QED) is 0.759. The van der Waals surface area contributed by atoms with Gasteiger partial charge < -0.3 is 10.1 Å². The van der Waals surface area contributed by atoms with E-state index in [2.05, 4.69) is 33.0 Å². The molecule has 0 atom stereocenters. The molecule has 0 unspecified atom stereocenters. The van der Waals surface area contributed by atoms with Gasteiger partial charge in [-0.3, -0.25) is 0 Å². The zero-order valence-electron chi connectivity index (χ0n) is 10.2. The molecule has 0 aromatic heterocycles. The summed E-state index contributed by atoms with van der Waals surface area (Å²) in [7, 11) is 0. The molecule has 84 valence electrons. The third kappa shape index (κ3) is 5.10. The van der Waals surface area contributed by atoms with Gasteiger partial charge >= 0.3 is 6.09 Å². The summed E-state index contributed by atoms with van der Waals surface area (Å²) in [6.07, 6.45) is -0.383. The molecule has 0 saturated heterocycles. The minimum Gasteiger partial charge on any atom is -0.447 e. The number of carbonyl (C=O) groups excluding carboxylic acids is 1. The van der Waals surface area contributed by atoms with Crippen molar-refractivity contribution in [1.82, 2.24) is 5.32 Å². The van der Waals surface area contributed by atoms with E-state index < -0.39 is 0 Å². The van der Waals surface area contributed by atoms with Crippen molar-refractivity contribution < 1.29 is 9.53 Å². The van der Waals surface area contributed by atoms with Crippen LogP contribution in [0.3, 0.4) is 0 Å². The molecule has 0 rings (SSSR count). The van der Waals surface area contributed by atoms with Crippen LogP contribution in [-0.2, 0) is 4.74 Å². The maximum Gasteiger partial charge on any atom is 0.407 e. The minimum absolute atomic E-state index is 0.0582. The molecular formula is C11H23NO2. The third-order valence-electron chi connectivity index (χ3n) is 2.59. The normalized spacial score (nSPS) is 12.0. The van der Waals surface area contributed by atoms with Crippen LogP contribution in [0.5, 0.6) is 0 Å². The standard InChI is InChI=1S/C11H23NO2/c1-8(2)11(5,6)7-12-10(13)14-9(3)4/h8-9H,7H2,1-6H3,(H,12,13). The van der Waals surface area contributed by atoms with E-state index in [1.165, 1.54) is 0 Å². The average molecular weight is 201 g/mol. The Hall–Kier alpha value is -0.730. The molecule has 0 bridgehead atoms. The SMILES string of the molecule is CC(C)OC(=O)NCC(C)(C)C(C)C. The lowest BCUT2D eigenvalue weighted by molar-refractivity contribution is 0.109. The van der Waals surface area contributed by atoms with Gasteiger partial charge in [-0.1, -0.05) is 27.7 Å². The Morgan fingerprint density at radius 3 is 2.14 bits per heavy atom. The second-order valence-corrected chi connectivity index (χ2v) is 4.95. The Morgan fingerprint density at radius 1 is 1.29 bits per heavy atom. The van der Waals surface area contributed by atoms with Crippen molar-refractivity contribution in [3.8, 4) is 0 Å². The van der Waals surface area contributed by atoms with Gasteiger partial charge in [0, 0.05) is 6.54 Å². The van der Waals surface area contributed by atoms with E-state index in [0.29, 0.717) is 12.5 Å². The Morgan fingerprint density at radius 2 is 1.79 bits per heavy atom. The summed E-state index contributed by atoms with van der Waals surface area (Å²) in [6, 6.07) is 0. The van der Waals surface area contributed by atoms with E-state index >= 15 is 0 Å². The molecule has 0 aliphatic rings. The summed E-state index contributed by atoms with van der Waals surface area (Å²) in [5, 5.41) is 2.77. The molecule has 1 amide bonds. The largest absolute Gasteiger partial charge is 0.447 e. The number of hydrogen-bond donors (Lipinski definition) is 1. The van der Waals surface area contributed by atoms with Crippen molar-refractivity contribution >= 4 is 6.09 Å². The molecule has 0 radical (unpaired) electrons. The molecule has 0 fully saturated rings. The van der Waals surface area contributed by atoms with Crippen LogP contribution in [0, 0.1) is 11.3 Å². The van der Waals surface area contributed by atoms with Gasteiger partial charge in [0.25, 0.3) is 0 Å². The molecule has 0 aromatic rings. The van der Waals surface area contributed by atoms with E-state index in [9.17, 15) is 4.79 Å². The van der Waals surface area contributed by atoms with Crippen LogP contribution in [0.2, 0.25) is 0 Å². The molecule has 14 heavy (non-hydrogen) atoms. The molecule has 0 heterocycles. The van der Waals surface area contributed by atoms with Crippen LogP contribution < -0.4 is 5.32 Å². The Labute approximate surface area is 87.2 Å². The van der Waals surface area contributed by atoms with Crippen molar-refractivity contribution in [3.05, 3.63) is 0 Å². The summed E-state index contributed by atoms with van der Waals surface area (Å²) >= 11 is 0. The minimum atomic E-state index is -0.325. The van der Waals surface area contributed by atoms with E-state index in [4.69, 9.17) is 4.74 Å². The van der Waals surface area contributed by atoms with E-state index in [1.54, 1.807) is 0 Å². The number of rotatable bonds is 4. The highest BCUT2D eigenvalue weighted by molar-refractivity contribution is 5.67. The summed E-state index contributed by atoms with van der Waals surface area (Å²) in [5.41, 5.74) is 0.107. The van der Waals surface area contributed by atoms with Crippen LogP contribution in [0.1, 0.15) is 41.5 Å². The maximum atomic E-state index is 11.2. The number of ether oxygens (including phenoxy) is 1.